The maximum absolute atomic E-state index is 14.1. The van der Waals surface area contributed by atoms with E-state index in [4.69, 9.17) is 4.74 Å². The molecule has 2 atom stereocenters. The van der Waals surface area contributed by atoms with Gasteiger partial charge in [-0.05, 0) is 39.0 Å². The van der Waals surface area contributed by atoms with Crippen LogP contribution in [0.5, 0.6) is 0 Å². The molecule has 36 heavy (non-hydrogen) atoms. The summed E-state index contributed by atoms with van der Waals surface area (Å²) in [7, 11) is 1.63. The molecular weight excluding hydrogens is 513 g/mol. The average molecular weight is 554 g/mol. The molecule has 1 aliphatic heterocycles. The Morgan fingerprint density at radius 1 is 1.25 bits per heavy atom. The largest absolute Gasteiger partial charge is 0.390 e. The highest BCUT2D eigenvalue weighted by atomic mass is 35.5. The van der Waals surface area contributed by atoms with Gasteiger partial charge in [-0.3, -0.25) is 4.79 Å². The highest BCUT2D eigenvalue weighted by Crippen LogP contribution is 2.28. The minimum absolute atomic E-state index is 0. The van der Waals surface area contributed by atoms with E-state index >= 15 is 0 Å². The smallest absolute Gasteiger partial charge is 0.290 e. The predicted octanol–water partition coefficient (Wildman–Crippen LogP) is 4.43. The Bertz CT molecular complexity index is 998. The molecule has 1 amide bonds. The number of hydrogen-bond acceptors (Lipinski definition) is 5. The van der Waals surface area contributed by atoms with Crippen molar-refractivity contribution in [3.8, 4) is 0 Å². The summed E-state index contributed by atoms with van der Waals surface area (Å²) in [6.07, 6.45) is 2.13. The fraction of sp³-hybridized carbons (Fsp3) is 0.680. The van der Waals surface area contributed by atoms with Gasteiger partial charge < -0.3 is 24.6 Å². The van der Waals surface area contributed by atoms with Crippen molar-refractivity contribution in [3.63, 3.8) is 0 Å². The van der Waals surface area contributed by atoms with Crippen LogP contribution in [0.25, 0.3) is 11.0 Å². The van der Waals surface area contributed by atoms with Gasteiger partial charge in [-0.25, -0.2) is 13.8 Å². The van der Waals surface area contributed by atoms with Gasteiger partial charge in [-0.15, -0.1) is 24.8 Å². The number of carbonyl (C=O) groups is 1. The number of aryl methyl sites for hydroxylation is 1. The number of rotatable bonds is 10. The van der Waals surface area contributed by atoms with Gasteiger partial charge in [0.25, 0.3) is 5.91 Å². The van der Waals surface area contributed by atoms with Crippen LogP contribution in [-0.2, 0) is 11.3 Å². The number of ether oxygens (including phenoxy) is 1. The maximum Gasteiger partial charge on any atom is 0.290 e. The third-order valence-corrected chi connectivity index (χ3v) is 6.55. The molecule has 0 unspecified atom stereocenters. The van der Waals surface area contributed by atoms with Crippen LogP contribution in [0.2, 0.25) is 0 Å². The van der Waals surface area contributed by atoms with E-state index < -0.39 is 17.2 Å². The summed E-state index contributed by atoms with van der Waals surface area (Å²) in [6.45, 7) is 10.5. The number of halogens is 4. The summed E-state index contributed by atoms with van der Waals surface area (Å²) >= 11 is 0. The summed E-state index contributed by atoms with van der Waals surface area (Å²) in [4.78, 5) is 20.2. The van der Waals surface area contributed by atoms with Crippen LogP contribution >= 0.6 is 24.8 Å². The molecule has 0 aliphatic carbocycles. The topological polar surface area (TPSA) is 79.6 Å². The molecule has 0 bridgehead atoms. The molecule has 2 aromatic rings. The molecule has 1 aromatic heterocycles. The van der Waals surface area contributed by atoms with E-state index in [0.717, 1.165) is 18.6 Å². The van der Waals surface area contributed by atoms with Crippen LogP contribution in [0.15, 0.2) is 12.1 Å². The number of imidazole rings is 1. The second-order valence-corrected chi connectivity index (χ2v) is 10.3. The van der Waals surface area contributed by atoms with Crippen LogP contribution in [-0.4, -0.2) is 70.5 Å². The van der Waals surface area contributed by atoms with Crippen molar-refractivity contribution in [2.45, 2.75) is 65.1 Å². The summed E-state index contributed by atoms with van der Waals surface area (Å²) in [5.41, 5.74) is -0.211. The third-order valence-electron chi connectivity index (χ3n) is 6.55. The van der Waals surface area contributed by atoms with Crippen molar-refractivity contribution in [2.24, 2.45) is 11.8 Å². The van der Waals surface area contributed by atoms with Gasteiger partial charge in [0.15, 0.2) is 17.5 Å². The minimum atomic E-state index is -0.987. The first kappa shape index (κ1) is 32.5. The molecule has 7 nitrogen and oxygen atoms in total. The normalized spacial score (nSPS) is 18.1. The number of unbranched alkanes of at least 4 members (excludes halogenated alkanes) is 1. The summed E-state index contributed by atoms with van der Waals surface area (Å²) in [5.74, 6) is -1.83. The molecule has 0 spiro atoms. The van der Waals surface area contributed by atoms with Crippen LogP contribution < -0.4 is 5.32 Å². The molecule has 1 aliphatic rings. The highest BCUT2D eigenvalue weighted by Gasteiger charge is 2.37. The quantitative estimate of drug-likeness (QED) is 0.426. The van der Waals surface area contributed by atoms with E-state index in [9.17, 15) is 18.7 Å². The Labute approximate surface area is 224 Å². The zero-order valence-electron chi connectivity index (χ0n) is 21.7. The van der Waals surface area contributed by atoms with Gasteiger partial charge in [-0.2, -0.15) is 0 Å². The number of hydrogen-bond donors (Lipinski definition) is 2. The summed E-state index contributed by atoms with van der Waals surface area (Å²) in [5, 5.41) is 13.9. The lowest BCUT2D eigenvalue weighted by atomic mass is 9.82. The van der Waals surface area contributed by atoms with Crippen LogP contribution in [0.4, 0.5) is 8.78 Å². The number of carbonyl (C=O) groups excluding carboxylic acids is 1. The van der Waals surface area contributed by atoms with Gasteiger partial charge in [-0.1, -0.05) is 13.8 Å². The molecule has 11 heteroatoms. The second-order valence-electron chi connectivity index (χ2n) is 10.3. The van der Waals surface area contributed by atoms with Crippen LogP contribution in [0, 0.1) is 23.5 Å². The summed E-state index contributed by atoms with van der Waals surface area (Å²) < 4.78 is 34.9. The zero-order valence-corrected chi connectivity index (χ0v) is 23.4. The average Bonchev–Trinajstić information content (AvgIpc) is 3.11. The molecular formula is C25H40Cl2F2N4O3. The van der Waals surface area contributed by atoms with Gasteiger partial charge in [0.05, 0.1) is 16.6 Å². The van der Waals surface area contributed by atoms with E-state index in [1.165, 1.54) is 0 Å². The molecule has 0 saturated carbocycles. The van der Waals surface area contributed by atoms with Crippen molar-refractivity contribution >= 4 is 41.8 Å². The van der Waals surface area contributed by atoms with Gasteiger partial charge in [0.2, 0.25) is 0 Å². The first-order chi connectivity index (χ1) is 16.0. The number of amides is 1. The van der Waals surface area contributed by atoms with E-state index in [2.05, 4.69) is 10.3 Å². The molecule has 0 radical (unpaired) electrons. The Hall–Kier alpha value is -1.52. The number of fused-ring (bicyclic) bond motifs is 1. The Morgan fingerprint density at radius 2 is 1.92 bits per heavy atom. The third kappa shape index (κ3) is 7.74. The Balaban J connectivity index is 0.00000324. The lowest BCUT2D eigenvalue weighted by molar-refractivity contribution is -0.0113. The number of nitrogens with zero attached hydrogens (tertiary/aromatic N) is 3. The Kier molecular flexibility index (Phi) is 12.5. The monoisotopic (exact) mass is 552 g/mol. The standard InChI is InChI=1S/C25H38F2N4O3.2ClH/c1-16(2)15-31(18-10-17(13-28-14-18)25(3,4)33)24(32)23-29-21-11-19(26)20(27)12-22(21)30(23)8-6-7-9-34-5;;/h11-12,16-18,28,33H,6-10,13-15H2,1-5H3;2*1H/t17-,18+;;/m1../s1. The van der Waals surface area contributed by atoms with Crippen LogP contribution in [0.3, 0.4) is 0 Å². The van der Waals surface area contributed by atoms with Crippen molar-refractivity contribution in [1.82, 2.24) is 19.8 Å². The summed E-state index contributed by atoms with van der Waals surface area (Å²) in [6, 6.07) is 2.03. The number of benzene rings is 1. The number of aliphatic hydroxyl groups is 1. The van der Waals surface area contributed by atoms with Gasteiger partial charge in [0.1, 0.15) is 0 Å². The number of methoxy groups -OCH3 is 1. The second kappa shape index (κ2) is 13.9. The number of nitrogens with one attached hydrogen (secondary N) is 1. The molecule has 206 valence electrons. The first-order valence-electron chi connectivity index (χ1n) is 12.1. The predicted molar refractivity (Wildman–Crippen MR) is 142 cm³/mol. The van der Waals surface area contributed by atoms with Crippen LogP contribution in [0.1, 0.15) is 57.6 Å². The molecule has 3 rings (SSSR count). The van der Waals surface area contributed by atoms with Gasteiger partial charge >= 0.3 is 0 Å². The molecule has 2 N–H and O–H groups in total. The van der Waals surface area contributed by atoms with Crippen molar-refractivity contribution in [3.05, 3.63) is 29.6 Å². The fourth-order valence-corrected chi connectivity index (χ4v) is 4.64. The van der Waals surface area contributed by atoms with Crippen molar-refractivity contribution in [2.75, 3.05) is 33.4 Å². The number of piperidine rings is 1. The molecule has 2 heterocycles. The zero-order chi connectivity index (χ0) is 25.0. The lowest BCUT2D eigenvalue weighted by Gasteiger charge is -2.42. The molecule has 1 saturated heterocycles. The van der Waals surface area contributed by atoms with Gasteiger partial charge in [0, 0.05) is 64.0 Å². The van der Waals surface area contributed by atoms with Crippen molar-refractivity contribution in [1.29, 1.82) is 0 Å². The maximum atomic E-state index is 14.1. The fourth-order valence-electron chi connectivity index (χ4n) is 4.64. The van der Waals surface area contributed by atoms with E-state index in [-0.39, 0.29) is 59.9 Å². The lowest BCUT2D eigenvalue weighted by Crippen LogP contribution is -2.55. The molecule has 1 aromatic carbocycles. The van der Waals surface area contributed by atoms with Crippen molar-refractivity contribution < 1.29 is 23.4 Å². The first-order valence-corrected chi connectivity index (χ1v) is 12.1. The van der Waals surface area contributed by atoms with E-state index in [1.54, 1.807) is 25.5 Å². The Morgan fingerprint density at radius 3 is 2.53 bits per heavy atom. The minimum Gasteiger partial charge on any atom is -0.390 e. The highest BCUT2D eigenvalue weighted by molar-refractivity contribution is 5.95. The van der Waals surface area contributed by atoms with E-state index in [1.807, 2.05) is 18.7 Å². The molecule has 1 fully saturated rings. The SMILES string of the molecule is COCCCCn1c(C(=O)N(CC(C)C)[C@@H]2CNC[C@H](C(C)(C)O)C2)nc2cc(F)c(F)cc21.Cl.Cl. The van der Waals surface area contributed by atoms with E-state index in [0.29, 0.717) is 51.1 Å². The number of aromatic nitrogens is 2.